The molecule has 0 heterocycles. The summed E-state index contributed by atoms with van der Waals surface area (Å²) in [5.74, 6) is -0.381. The molecule has 0 spiro atoms. The van der Waals surface area contributed by atoms with Crippen LogP contribution in [0.2, 0.25) is 5.02 Å². The van der Waals surface area contributed by atoms with Crippen LogP contribution >= 0.6 is 11.6 Å². The van der Waals surface area contributed by atoms with Crippen LogP contribution in [0, 0.1) is 0 Å². The van der Waals surface area contributed by atoms with Crippen LogP contribution in [0.1, 0.15) is 6.92 Å². The third kappa shape index (κ3) is 2.26. The number of amides is 1. The number of halogens is 1. The first kappa shape index (κ1) is 9.67. The minimum absolute atomic E-state index is 0.0999. The Bertz CT molecular complexity index is 352. The predicted octanol–water partition coefficient (Wildman–Crippen LogP) is 1.59. The van der Waals surface area contributed by atoms with Gasteiger partial charge >= 0.3 is 0 Å². The van der Waals surface area contributed by atoms with E-state index in [4.69, 9.17) is 17.3 Å². The number of nitrogens with two attached hydrogens (primary N) is 1. The molecule has 0 atom stereocenters. The quantitative estimate of drug-likeness (QED) is 0.476. The highest BCUT2D eigenvalue weighted by Gasteiger charge is 2.06. The molecule has 0 aromatic heterocycles. The van der Waals surface area contributed by atoms with Gasteiger partial charge in [0.1, 0.15) is 5.75 Å². The molecule has 4 N–H and O–H groups in total. The lowest BCUT2D eigenvalue weighted by molar-refractivity contribution is -0.114. The molecule has 1 aromatic rings. The van der Waals surface area contributed by atoms with Gasteiger partial charge in [-0.25, -0.2) is 0 Å². The fourth-order valence-corrected chi connectivity index (χ4v) is 1.03. The molecule has 0 radical (unpaired) electrons. The molecule has 1 aromatic carbocycles. The van der Waals surface area contributed by atoms with Crippen molar-refractivity contribution < 1.29 is 9.90 Å². The minimum atomic E-state index is -0.281. The van der Waals surface area contributed by atoms with Gasteiger partial charge in [-0.05, 0) is 6.07 Å². The number of phenols is 1. The molecule has 0 saturated carbocycles. The molecule has 0 aliphatic carbocycles. The smallest absolute Gasteiger partial charge is 0.221 e. The molecule has 0 fully saturated rings. The van der Waals surface area contributed by atoms with Crippen LogP contribution in [0.15, 0.2) is 12.1 Å². The van der Waals surface area contributed by atoms with E-state index in [0.29, 0.717) is 5.02 Å². The Morgan fingerprint density at radius 2 is 2.23 bits per heavy atom. The number of aromatic hydroxyl groups is 1. The Hall–Kier alpha value is -1.42. The molecule has 0 saturated heterocycles. The summed E-state index contributed by atoms with van der Waals surface area (Å²) < 4.78 is 0. The number of nitrogens with one attached hydrogen (secondary N) is 1. The minimum Gasteiger partial charge on any atom is -0.506 e. The van der Waals surface area contributed by atoms with Gasteiger partial charge in [-0.1, -0.05) is 11.6 Å². The van der Waals surface area contributed by atoms with Gasteiger partial charge in [0, 0.05) is 13.0 Å². The molecule has 5 heteroatoms. The maximum absolute atomic E-state index is 10.7. The van der Waals surface area contributed by atoms with E-state index < -0.39 is 0 Å². The second kappa shape index (κ2) is 3.53. The first-order valence-electron chi connectivity index (χ1n) is 3.56. The van der Waals surface area contributed by atoms with E-state index in [0.717, 1.165) is 0 Å². The highest BCUT2D eigenvalue weighted by molar-refractivity contribution is 6.33. The van der Waals surface area contributed by atoms with Crippen LogP contribution in [0.4, 0.5) is 11.4 Å². The molecule has 4 nitrogen and oxygen atoms in total. The second-order valence-corrected chi connectivity index (χ2v) is 2.98. The number of hydrogen-bond acceptors (Lipinski definition) is 3. The summed E-state index contributed by atoms with van der Waals surface area (Å²) in [6.07, 6.45) is 0. The Balaban J connectivity index is 3.08. The molecule has 0 bridgehead atoms. The Morgan fingerprint density at radius 1 is 1.62 bits per heavy atom. The summed E-state index contributed by atoms with van der Waals surface area (Å²) >= 11 is 5.68. The Kier molecular flexibility index (Phi) is 2.63. The molecule has 1 rings (SSSR count). The van der Waals surface area contributed by atoms with Gasteiger partial charge in [-0.2, -0.15) is 0 Å². The van der Waals surface area contributed by atoms with Crippen LogP contribution in [0.5, 0.6) is 5.75 Å². The van der Waals surface area contributed by atoms with Crippen LogP contribution in [0.25, 0.3) is 0 Å². The zero-order chi connectivity index (χ0) is 10.0. The van der Waals surface area contributed by atoms with Crippen molar-refractivity contribution in [3.8, 4) is 5.75 Å². The van der Waals surface area contributed by atoms with Crippen molar-refractivity contribution in [2.24, 2.45) is 0 Å². The molecule has 1 amide bonds. The van der Waals surface area contributed by atoms with Gasteiger partial charge in [0.05, 0.1) is 16.4 Å². The van der Waals surface area contributed by atoms with E-state index in [1.54, 1.807) is 0 Å². The van der Waals surface area contributed by atoms with Crippen LogP contribution in [0.3, 0.4) is 0 Å². The van der Waals surface area contributed by atoms with Crippen molar-refractivity contribution in [1.29, 1.82) is 0 Å². The topological polar surface area (TPSA) is 75.4 Å². The number of carbonyl (C=O) groups is 1. The maximum atomic E-state index is 10.7. The largest absolute Gasteiger partial charge is 0.506 e. The third-order valence-electron chi connectivity index (χ3n) is 1.43. The van der Waals surface area contributed by atoms with Gasteiger partial charge in [0.2, 0.25) is 5.91 Å². The van der Waals surface area contributed by atoms with E-state index in [9.17, 15) is 9.90 Å². The van der Waals surface area contributed by atoms with Gasteiger partial charge < -0.3 is 16.2 Å². The zero-order valence-electron chi connectivity index (χ0n) is 6.97. The van der Waals surface area contributed by atoms with Crippen molar-refractivity contribution in [3.63, 3.8) is 0 Å². The highest BCUT2D eigenvalue weighted by atomic mass is 35.5. The van der Waals surface area contributed by atoms with Crippen molar-refractivity contribution >= 4 is 28.9 Å². The molecule has 13 heavy (non-hydrogen) atoms. The molecule has 70 valence electrons. The van der Waals surface area contributed by atoms with E-state index >= 15 is 0 Å². The summed E-state index contributed by atoms with van der Waals surface area (Å²) in [4.78, 5) is 10.7. The van der Waals surface area contributed by atoms with E-state index in [1.165, 1.54) is 19.1 Å². The number of hydrogen-bond donors (Lipinski definition) is 3. The van der Waals surface area contributed by atoms with Gasteiger partial charge in [-0.15, -0.1) is 0 Å². The Labute approximate surface area is 80.3 Å². The van der Waals surface area contributed by atoms with Crippen molar-refractivity contribution in [2.45, 2.75) is 6.92 Å². The molecule has 0 aliphatic rings. The summed E-state index contributed by atoms with van der Waals surface area (Å²) in [6.45, 7) is 1.34. The number of rotatable bonds is 1. The first-order chi connectivity index (χ1) is 6.00. The van der Waals surface area contributed by atoms with E-state index in [2.05, 4.69) is 5.32 Å². The summed E-state index contributed by atoms with van der Waals surface area (Å²) in [6, 6.07) is 2.68. The highest BCUT2D eigenvalue weighted by Crippen LogP contribution is 2.31. The van der Waals surface area contributed by atoms with Crippen LogP contribution in [-0.4, -0.2) is 11.0 Å². The third-order valence-corrected chi connectivity index (χ3v) is 1.75. The van der Waals surface area contributed by atoms with E-state index in [1.807, 2.05) is 0 Å². The zero-order valence-corrected chi connectivity index (χ0v) is 7.72. The van der Waals surface area contributed by atoms with Crippen LogP contribution < -0.4 is 11.1 Å². The fraction of sp³-hybridized carbons (Fsp3) is 0.125. The number of anilines is 2. The predicted molar refractivity (Wildman–Crippen MR) is 51.8 cm³/mol. The van der Waals surface area contributed by atoms with Crippen molar-refractivity contribution in [1.82, 2.24) is 0 Å². The van der Waals surface area contributed by atoms with Gasteiger partial charge in [0.15, 0.2) is 0 Å². The SMILES string of the molecule is CC(=O)Nc1cc(Cl)c(N)cc1O. The summed E-state index contributed by atoms with van der Waals surface area (Å²) in [5, 5.41) is 12.0. The lowest BCUT2D eigenvalue weighted by Crippen LogP contribution is -2.06. The number of benzene rings is 1. The molecular formula is C8H9ClN2O2. The van der Waals surface area contributed by atoms with Crippen LogP contribution in [-0.2, 0) is 4.79 Å². The van der Waals surface area contributed by atoms with Gasteiger partial charge in [0.25, 0.3) is 0 Å². The average molecular weight is 201 g/mol. The maximum Gasteiger partial charge on any atom is 0.221 e. The summed E-state index contributed by atoms with van der Waals surface area (Å²) in [5.41, 5.74) is 5.94. The second-order valence-electron chi connectivity index (χ2n) is 2.57. The van der Waals surface area contributed by atoms with Crippen molar-refractivity contribution in [2.75, 3.05) is 11.1 Å². The number of phenolic OH excluding ortho intramolecular Hbond substituents is 1. The average Bonchev–Trinajstić information content (AvgIpc) is 1.99. The Morgan fingerprint density at radius 3 is 2.77 bits per heavy atom. The number of carbonyl (C=O) groups excluding carboxylic acids is 1. The summed E-state index contributed by atoms with van der Waals surface area (Å²) in [7, 11) is 0. The van der Waals surface area contributed by atoms with Crippen molar-refractivity contribution in [3.05, 3.63) is 17.2 Å². The normalized spacial score (nSPS) is 9.69. The monoisotopic (exact) mass is 200 g/mol. The van der Waals surface area contributed by atoms with E-state index in [-0.39, 0.29) is 23.0 Å². The lowest BCUT2D eigenvalue weighted by Gasteiger charge is -2.06. The van der Waals surface area contributed by atoms with Gasteiger partial charge in [-0.3, -0.25) is 4.79 Å². The standard InChI is InChI=1S/C8H9ClN2O2/c1-4(12)11-7-2-5(9)6(10)3-8(7)13/h2-3,13H,10H2,1H3,(H,11,12). The molecule has 0 unspecified atom stereocenters. The first-order valence-corrected chi connectivity index (χ1v) is 3.94. The fourth-order valence-electron chi connectivity index (χ4n) is 0.868. The number of nitrogen functional groups attached to an aromatic ring is 1. The molecule has 0 aliphatic heterocycles. The molecular weight excluding hydrogens is 192 g/mol. The lowest BCUT2D eigenvalue weighted by atomic mass is 10.2.